The monoisotopic (exact) mass is 322 g/mol. The molecule has 1 aliphatic heterocycles. The van der Waals surface area contributed by atoms with Crippen molar-refractivity contribution in [2.24, 2.45) is 5.92 Å². The van der Waals surface area contributed by atoms with Gasteiger partial charge in [0.1, 0.15) is 0 Å². The summed E-state index contributed by atoms with van der Waals surface area (Å²) in [5.41, 5.74) is 0.0353. The Morgan fingerprint density at radius 1 is 0.957 bits per heavy atom. The lowest BCUT2D eigenvalue weighted by atomic mass is 9.78. The van der Waals surface area contributed by atoms with Crippen LogP contribution in [0.4, 0.5) is 8.78 Å². The van der Waals surface area contributed by atoms with E-state index in [2.05, 4.69) is 0 Å². The average Bonchev–Trinajstić information content (AvgIpc) is 3.07. The van der Waals surface area contributed by atoms with Gasteiger partial charge < -0.3 is 9.31 Å². The maximum atomic E-state index is 14.6. The van der Waals surface area contributed by atoms with Gasteiger partial charge in [-0.05, 0) is 46.0 Å². The lowest BCUT2D eigenvalue weighted by Gasteiger charge is -2.32. The Morgan fingerprint density at radius 2 is 1.43 bits per heavy atom. The molecular formula is C18H25BF2O2. The van der Waals surface area contributed by atoms with Crippen LogP contribution in [0.2, 0.25) is 0 Å². The third kappa shape index (κ3) is 2.94. The highest BCUT2D eigenvalue weighted by Crippen LogP contribution is 2.44. The molecule has 1 aliphatic carbocycles. The zero-order valence-electron chi connectivity index (χ0n) is 14.4. The standard InChI is InChI=1S/C18H25BF2O2/c1-16(2)17(3,4)23-19(22-16)15-11-9-14(10-12-15)18(20,21)13-7-5-6-8-13/h9-13H,5-8H2,1-4H3. The smallest absolute Gasteiger partial charge is 0.399 e. The molecule has 2 nitrogen and oxygen atoms in total. The molecule has 0 unspecified atom stereocenters. The van der Waals surface area contributed by atoms with Gasteiger partial charge >= 0.3 is 7.12 Å². The SMILES string of the molecule is CC1(C)OB(c2ccc(C(F)(F)C3CCCC3)cc2)OC1(C)C. The summed E-state index contributed by atoms with van der Waals surface area (Å²) >= 11 is 0. The zero-order chi connectivity index (χ0) is 16.9. The normalized spacial score (nSPS) is 24.3. The van der Waals surface area contributed by atoms with Gasteiger partial charge in [0.2, 0.25) is 0 Å². The summed E-state index contributed by atoms with van der Waals surface area (Å²) in [6, 6.07) is 6.47. The molecule has 5 heteroatoms. The van der Waals surface area contributed by atoms with Crippen LogP contribution >= 0.6 is 0 Å². The van der Waals surface area contributed by atoms with Crippen molar-refractivity contribution >= 4 is 12.6 Å². The van der Waals surface area contributed by atoms with Crippen LogP contribution in [0.15, 0.2) is 24.3 Å². The van der Waals surface area contributed by atoms with Crippen LogP contribution in [0.3, 0.4) is 0 Å². The van der Waals surface area contributed by atoms with Gasteiger partial charge in [-0.3, -0.25) is 0 Å². The first-order valence-corrected chi connectivity index (χ1v) is 8.47. The largest absolute Gasteiger partial charge is 0.494 e. The number of alkyl halides is 2. The van der Waals surface area contributed by atoms with E-state index in [1.165, 1.54) is 12.1 Å². The first kappa shape index (κ1) is 16.9. The van der Waals surface area contributed by atoms with Crippen molar-refractivity contribution in [1.29, 1.82) is 0 Å². The van der Waals surface area contributed by atoms with Crippen LogP contribution in [0, 0.1) is 5.92 Å². The van der Waals surface area contributed by atoms with Crippen LogP contribution in [0.25, 0.3) is 0 Å². The maximum Gasteiger partial charge on any atom is 0.494 e. The van der Waals surface area contributed by atoms with E-state index in [4.69, 9.17) is 9.31 Å². The van der Waals surface area contributed by atoms with E-state index in [1.54, 1.807) is 12.1 Å². The molecule has 0 atom stereocenters. The molecule has 0 radical (unpaired) electrons. The summed E-state index contributed by atoms with van der Waals surface area (Å²) in [4.78, 5) is 0. The Hall–Kier alpha value is -0.935. The Balaban J connectivity index is 1.78. The second kappa shape index (κ2) is 5.56. The highest BCUT2D eigenvalue weighted by atomic mass is 19.3. The van der Waals surface area contributed by atoms with E-state index in [0.717, 1.165) is 18.3 Å². The number of hydrogen-bond donors (Lipinski definition) is 0. The predicted octanol–water partition coefficient (Wildman–Crippen LogP) is 4.27. The Morgan fingerprint density at radius 3 is 1.91 bits per heavy atom. The molecule has 3 rings (SSSR count). The molecule has 1 aromatic rings. The number of rotatable bonds is 3. The summed E-state index contributed by atoms with van der Waals surface area (Å²) in [5, 5.41) is 0. The molecule has 1 heterocycles. The molecule has 2 aliphatic rings. The van der Waals surface area contributed by atoms with E-state index < -0.39 is 30.2 Å². The summed E-state index contributed by atoms with van der Waals surface area (Å²) in [6.45, 7) is 7.93. The first-order valence-electron chi connectivity index (χ1n) is 8.47. The molecule has 23 heavy (non-hydrogen) atoms. The summed E-state index contributed by atoms with van der Waals surface area (Å²) in [5.74, 6) is -3.27. The summed E-state index contributed by atoms with van der Waals surface area (Å²) in [7, 11) is -0.505. The Kier molecular flexibility index (Phi) is 4.08. The summed E-state index contributed by atoms with van der Waals surface area (Å²) < 4.78 is 41.0. The van der Waals surface area contributed by atoms with E-state index in [-0.39, 0.29) is 5.56 Å². The second-order valence-corrected chi connectivity index (χ2v) is 7.81. The van der Waals surface area contributed by atoms with Crippen molar-refractivity contribution < 1.29 is 18.1 Å². The van der Waals surface area contributed by atoms with Crippen LogP contribution in [-0.2, 0) is 15.2 Å². The van der Waals surface area contributed by atoms with Crippen LogP contribution in [0.5, 0.6) is 0 Å². The topological polar surface area (TPSA) is 18.5 Å². The van der Waals surface area contributed by atoms with Crippen molar-refractivity contribution in [3.63, 3.8) is 0 Å². The minimum Gasteiger partial charge on any atom is -0.399 e. The van der Waals surface area contributed by atoms with E-state index in [1.807, 2.05) is 27.7 Å². The van der Waals surface area contributed by atoms with Crippen molar-refractivity contribution in [1.82, 2.24) is 0 Å². The van der Waals surface area contributed by atoms with Crippen molar-refractivity contribution in [2.45, 2.75) is 70.5 Å². The second-order valence-electron chi connectivity index (χ2n) is 7.81. The van der Waals surface area contributed by atoms with Gasteiger partial charge in [-0.2, -0.15) is 0 Å². The van der Waals surface area contributed by atoms with Gasteiger partial charge in [0.25, 0.3) is 5.92 Å². The van der Waals surface area contributed by atoms with Crippen LogP contribution < -0.4 is 5.46 Å². The van der Waals surface area contributed by atoms with Gasteiger partial charge in [-0.15, -0.1) is 0 Å². The van der Waals surface area contributed by atoms with Crippen molar-refractivity contribution in [3.05, 3.63) is 29.8 Å². The molecule has 0 spiro atoms. The van der Waals surface area contributed by atoms with Gasteiger partial charge in [0, 0.05) is 11.5 Å². The molecule has 1 aromatic carbocycles. The molecule has 0 amide bonds. The molecule has 0 bridgehead atoms. The maximum absolute atomic E-state index is 14.6. The fourth-order valence-electron chi connectivity index (χ4n) is 3.37. The third-order valence-electron chi connectivity index (χ3n) is 5.69. The third-order valence-corrected chi connectivity index (χ3v) is 5.69. The molecule has 1 saturated carbocycles. The van der Waals surface area contributed by atoms with Crippen LogP contribution in [0.1, 0.15) is 58.9 Å². The van der Waals surface area contributed by atoms with Crippen molar-refractivity contribution in [3.8, 4) is 0 Å². The minimum atomic E-state index is -2.75. The highest BCUT2D eigenvalue weighted by Gasteiger charge is 2.52. The van der Waals surface area contributed by atoms with E-state index in [9.17, 15) is 8.78 Å². The zero-order valence-corrected chi connectivity index (χ0v) is 14.4. The van der Waals surface area contributed by atoms with E-state index in [0.29, 0.717) is 12.8 Å². The molecule has 126 valence electrons. The lowest BCUT2D eigenvalue weighted by Crippen LogP contribution is -2.41. The predicted molar refractivity (Wildman–Crippen MR) is 88.0 cm³/mol. The number of benzene rings is 1. The molecule has 1 saturated heterocycles. The van der Waals surface area contributed by atoms with Crippen molar-refractivity contribution in [2.75, 3.05) is 0 Å². The Labute approximate surface area is 137 Å². The molecule has 2 fully saturated rings. The summed E-state index contributed by atoms with van der Waals surface area (Å²) in [6.07, 6.45) is 3.05. The fraction of sp³-hybridized carbons (Fsp3) is 0.667. The number of hydrogen-bond acceptors (Lipinski definition) is 2. The minimum absolute atomic E-state index is 0.102. The number of halogens is 2. The average molecular weight is 322 g/mol. The fourth-order valence-corrected chi connectivity index (χ4v) is 3.37. The van der Waals surface area contributed by atoms with Gasteiger partial charge in [0.05, 0.1) is 11.2 Å². The van der Waals surface area contributed by atoms with Crippen LogP contribution in [-0.4, -0.2) is 18.3 Å². The lowest BCUT2D eigenvalue weighted by molar-refractivity contribution is -0.0625. The van der Waals surface area contributed by atoms with Gasteiger partial charge in [-0.1, -0.05) is 37.1 Å². The Bertz CT molecular complexity index is 547. The van der Waals surface area contributed by atoms with Gasteiger partial charge in [0.15, 0.2) is 0 Å². The highest BCUT2D eigenvalue weighted by molar-refractivity contribution is 6.62. The quantitative estimate of drug-likeness (QED) is 0.774. The first-order chi connectivity index (χ1) is 10.6. The van der Waals surface area contributed by atoms with E-state index >= 15 is 0 Å². The molecule has 0 aromatic heterocycles. The molecular weight excluding hydrogens is 297 g/mol. The molecule has 0 N–H and O–H groups in total. The van der Waals surface area contributed by atoms with Gasteiger partial charge in [-0.25, -0.2) is 8.78 Å².